The third-order valence-electron chi connectivity index (χ3n) is 5.42. The van der Waals surface area contributed by atoms with E-state index in [-0.39, 0.29) is 17.5 Å². The summed E-state index contributed by atoms with van der Waals surface area (Å²) < 4.78 is 0. The molecule has 1 saturated heterocycles. The summed E-state index contributed by atoms with van der Waals surface area (Å²) in [5, 5.41) is 13.3. The van der Waals surface area contributed by atoms with Gasteiger partial charge in [-0.15, -0.1) is 11.3 Å². The molecule has 7 heteroatoms. The number of rotatable bonds is 5. The maximum Gasteiger partial charge on any atom is 0.272 e. The monoisotopic (exact) mass is 396 g/mol. The number of nitrogens with zero attached hydrogens (tertiary/aromatic N) is 2. The van der Waals surface area contributed by atoms with Crippen LogP contribution in [0.5, 0.6) is 0 Å². The molecular formula is C21H24N4O2S. The van der Waals surface area contributed by atoms with Gasteiger partial charge in [0.2, 0.25) is 5.91 Å². The van der Waals surface area contributed by atoms with E-state index in [1.165, 1.54) is 4.88 Å². The average molecular weight is 397 g/mol. The molecule has 1 atom stereocenters. The highest BCUT2D eigenvalue weighted by molar-refractivity contribution is 7.09. The fraction of sp³-hybridized carbons (Fsp3) is 0.381. The number of aromatic amines is 1. The SMILES string of the molecule is C[C@H](C(=O)NC1CCN(Cc2cccs2)CC1)c1n[nH]c(=O)c2ccccc12. The molecule has 0 saturated carbocycles. The van der Waals surface area contributed by atoms with Crippen LogP contribution < -0.4 is 10.9 Å². The number of benzene rings is 1. The number of likely N-dealkylation sites (tertiary alicyclic amines) is 1. The Morgan fingerprint density at radius 2 is 2.00 bits per heavy atom. The van der Waals surface area contributed by atoms with E-state index in [9.17, 15) is 9.59 Å². The molecule has 0 bridgehead atoms. The van der Waals surface area contributed by atoms with Gasteiger partial charge in [0.15, 0.2) is 0 Å². The van der Waals surface area contributed by atoms with Gasteiger partial charge in [0.1, 0.15) is 0 Å². The van der Waals surface area contributed by atoms with E-state index in [4.69, 9.17) is 0 Å². The number of H-pyrrole nitrogens is 1. The van der Waals surface area contributed by atoms with Crippen molar-refractivity contribution in [3.8, 4) is 0 Å². The van der Waals surface area contributed by atoms with Crippen molar-refractivity contribution in [3.63, 3.8) is 0 Å². The molecule has 0 unspecified atom stereocenters. The first-order valence-corrected chi connectivity index (χ1v) is 10.5. The van der Waals surface area contributed by atoms with Crippen LogP contribution in [0.3, 0.4) is 0 Å². The Morgan fingerprint density at radius 3 is 2.71 bits per heavy atom. The average Bonchev–Trinajstić information content (AvgIpc) is 3.22. The van der Waals surface area contributed by atoms with E-state index < -0.39 is 5.92 Å². The lowest BCUT2D eigenvalue weighted by molar-refractivity contribution is -0.123. The van der Waals surface area contributed by atoms with Gasteiger partial charge in [-0.3, -0.25) is 14.5 Å². The fourth-order valence-electron chi connectivity index (χ4n) is 3.77. The van der Waals surface area contributed by atoms with E-state index in [1.54, 1.807) is 17.4 Å². The van der Waals surface area contributed by atoms with Crippen LogP contribution in [0.1, 0.15) is 36.3 Å². The summed E-state index contributed by atoms with van der Waals surface area (Å²) in [6.45, 7) is 4.80. The molecule has 2 N–H and O–H groups in total. The van der Waals surface area contributed by atoms with Gasteiger partial charge in [0.05, 0.1) is 17.0 Å². The van der Waals surface area contributed by atoms with Gasteiger partial charge < -0.3 is 5.32 Å². The predicted octanol–water partition coefficient (Wildman–Crippen LogP) is 2.87. The number of aromatic nitrogens is 2. The molecule has 146 valence electrons. The highest BCUT2D eigenvalue weighted by Gasteiger charge is 2.25. The largest absolute Gasteiger partial charge is 0.353 e. The normalized spacial score (nSPS) is 16.9. The van der Waals surface area contributed by atoms with E-state index in [0.717, 1.165) is 37.9 Å². The second-order valence-corrected chi connectivity index (χ2v) is 8.38. The number of hydrogen-bond donors (Lipinski definition) is 2. The molecular weight excluding hydrogens is 372 g/mol. The summed E-state index contributed by atoms with van der Waals surface area (Å²) in [5.74, 6) is -0.465. The number of fused-ring (bicyclic) bond motifs is 1. The minimum atomic E-state index is -0.425. The second-order valence-electron chi connectivity index (χ2n) is 7.34. The van der Waals surface area contributed by atoms with Crippen molar-refractivity contribution < 1.29 is 4.79 Å². The Labute approximate surface area is 167 Å². The van der Waals surface area contributed by atoms with E-state index >= 15 is 0 Å². The van der Waals surface area contributed by atoms with Gasteiger partial charge in [-0.2, -0.15) is 5.10 Å². The molecule has 1 amide bonds. The van der Waals surface area contributed by atoms with Crippen molar-refractivity contribution in [1.29, 1.82) is 0 Å². The summed E-state index contributed by atoms with van der Waals surface area (Å²) >= 11 is 1.79. The van der Waals surface area contributed by atoms with E-state index in [2.05, 4.69) is 37.9 Å². The number of piperidine rings is 1. The van der Waals surface area contributed by atoms with E-state index in [0.29, 0.717) is 11.1 Å². The van der Waals surface area contributed by atoms with E-state index in [1.807, 2.05) is 25.1 Å². The van der Waals surface area contributed by atoms with Gasteiger partial charge in [0, 0.05) is 35.9 Å². The molecule has 2 aromatic heterocycles. The molecule has 1 aliphatic heterocycles. The highest BCUT2D eigenvalue weighted by atomic mass is 32.1. The maximum absolute atomic E-state index is 12.8. The topological polar surface area (TPSA) is 78.1 Å². The molecule has 0 spiro atoms. The Kier molecular flexibility index (Phi) is 5.54. The molecule has 6 nitrogen and oxygen atoms in total. The Morgan fingerprint density at radius 1 is 1.25 bits per heavy atom. The lowest BCUT2D eigenvalue weighted by Gasteiger charge is -2.32. The molecule has 4 rings (SSSR count). The van der Waals surface area contributed by atoms with Crippen molar-refractivity contribution in [1.82, 2.24) is 20.4 Å². The molecule has 3 aromatic rings. The highest BCUT2D eigenvalue weighted by Crippen LogP contribution is 2.22. The molecule has 1 fully saturated rings. The third kappa shape index (κ3) is 4.00. The molecule has 1 aromatic carbocycles. The lowest BCUT2D eigenvalue weighted by atomic mass is 9.99. The number of nitrogens with one attached hydrogen (secondary N) is 2. The van der Waals surface area contributed by atoms with Crippen molar-refractivity contribution in [2.75, 3.05) is 13.1 Å². The summed E-state index contributed by atoms with van der Waals surface area (Å²) in [7, 11) is 0. The quantitative estimate of drug-likeness (QED) is 0.695. The van der Waals surface area contributed by atoms with Crippen molar-refractivity contribution >= 4 is 28.0 Å². The summed E-state index contributed by atoms with van der Waals surface area (Å²) in [6, 6.07) is 11.7. The number of carbonyl (C=O) groups is 1. The van der Waals surface area contributed by atoms with Crippen LogP contribution in [0.15, 0.2) is 46.6 Å². The maximum atomic E-state index is 12.8. The Hall–Kier alpha value is -2.51. The first kappa shape index (κ1) is 18.8. The molecule has 3 heterocycles. The van der Waals surface area contributed by atoms with Crippen molar-refractivity contribution in [2.45, 2.75) is 38.3 Å². The third-order valence-corrected chi connectivity index (χ3v) is 6.28. The zero-order chi connectivity index (χ0) is 19.5. The minimum absolute atomic E-state index is 0.0404. The zero-order valence-electron chi connectivity index (χ0n) is 15.9. The summed E-state index contributed by atoms with van der Waals surface area (Å²) in [6.07, 6.45) is 1.90. The van der Waals surface area contributed by atoms with Crippen molar-refractivity contribution in [2.24, 2.45) is 0 Å². The minimum Gasteiger partial charge on any atom is -0.353 e. The lowest BCUT2D eigenvalue weighted by Crippen LogP contribution is -2.45. The molecule has 0 aliphatic carbocycles. The van der Waals surface area contributed by atoms with Crippen LogP contribution in [0, 0.1) is 0 Å². The number of hydrogen-bond acceptors (Lipinski definition) is 5. The van der Waals surface area contributed by atoms with Crippen LogP contribution in [-0.4, -0.2) is 40.1 Å². The van der Waals surface area contributed by atoms with Gasteiger partial charge in [0.25, 0.3) is 5.56 Å². The smallest absolute Gasteiger partial charge is 0.272 e. The zero-order valence-corrected chi connectivity index (χ0v) is 16.7. The predicted molar refractivity (Wildman–Crippen MR) is 112 cm³/mol. The van der Waals surface area contributed by atoms with Crippen LogP contribution in [0.4, 0.5) is 0 Å². The van der Waals surface area contributed by atoms with Crippen molar-refractivity contribution in [3.05, 3.63) is 62.7 Å². The number of carbonyl (C=O) groups excluding carboxylic acids is 1. The van der Waals surface area contributed by atoms with Crippen LogP contribution in [0.25, 0.3) is 10.8 Å². The molecule has 1 aliphatic rings. The van der Waals surface area contributed by atoms with Crippen LogP contribution in [0.2, 0.25) is 0 Å². The summed E-state index contributed by atoms with van der Waals surface area (Å²) in [5.41, 5.74) is 0.382. The van der Waals surface area contributed by atoms with Crippen LogP contribution >= 0.6 is 11.3 Å². The fourth-order valence-corrected chi connectivity index (χ4v) is 4.52. The number of amides is 1. The standard InChI is InChI=1S/C21H24N4O2S/c1-14(19-17-6-2-3-7-18(17)21(27)24-23-19)20(26)22-15-8-10-25(11-9-15)13-16-5-4-12-28-16/h2-7,12,14-15H,8-11,13H2,1H3,(H,22,26)(H,24,27)/t14-/m0/s1. The van der Waals surface area contributed by atoms with Gasteiger partial charge >= 0.3 is 0 Å². The van der Waals surface area contributed by atoms with Crippen LogP contribution in [-0.2, 0) is 11.3 Å². The first-order valence-electron chi connectivity index (χ1n) is 9.64. The second kappa shape index (κ2) is 8.24. The number of thiophene rings is 1. The molecule has 0 radical (unpaired) electrons. The molecule has 28 heavy (non-hydrogen) atoms. The Bertz CT molecular complexity index is 1010. The van der Waals surface area contributed by atoms with Gasteiger partial charge in [-0.25, -0.2) is 5.10 Å². The van der Waals surface area contributed by atoms with Gasteiger partial charge in [-0.1, -0.05) is 24.3 Å². The summed E-state index contributed by atoms with van der Waals surface area (Å²) in [4.78, 5) is 28.6. The first-order chi connectivity index (χ1) is 13.6. The van der Waals surface area contributed by atoms with Gasteiger partial charge in [-0.05, 0) is 37.3 Å². The Balaban J connectivity index is 1.38.